The third-order valence-electron chi connectivity index (χ3n) is 4.76. The van der Waals surface area contributed by atoms with Crippen molar-refractivity contribution < 1.29 is 0 Å². The van der Waals surface area contributed by atoms with Gasteiger partial charge < -0.3 is 4.90 Å². The number of rotatable bonds is 13. The van der Waals surface area contributed by atoms with Crippen molar-refractivity contribution in [2.24, 2.45) is 23.7 Å². The fraction of sp³-hybridized carbons (Fsp3) is 1.00. The Morgan fingerprint density at radius 2 is 0.917 bits per heavy atom. The zero-order valence-corrected chi connectivity index (χ0v) is 18.8. The van der Waals surface area contributed by atoms with E-state index in [0.29, 0.717) is 0 Å². The van der Waals surface area contributed by atoms with Crippen molar-refractivity contribution in [1.82, 2.24) is 4.90 Å². The van der Waals surface area contributed by atoms with Crippen molar-refractivity contribution in [3.63, 3.8) is 0 Å². The Hall–Kier alpha value is -0.0400. The van der Waals surface area contributed by atoms with Gasteiger partial charge in [0.1, 0.15) is 0 Å². The van der Waals surface area contributed by atoms with E-state index in [1.54, 1.807) is 0 Å². The van der Waals surface area contributed by atoms with Crippen LogP contribution in [-0.2, 0) is 0 Å². The number of nitrogens with zero attached hydrogens (tertiary/aromatic N) is 1. The minimum atomic E-state index is 0.882. The molecule has 0 heterocycles. The van der Waals surface area contributed by atoms with Gasteiger partial charge in [-0.15, -0.1) is 0 Å². The first kappa shape index (κ1) is 26.2. The molecular weight excluding hydrogens is 290 g/mol. The summed E-state index contributed by atoms with van der Waals surface area (Å²) in [6, 6.07) is 0. The molecule has 24 heavy (non-hydrogen) atoms. The normalized spacial score (nSPS) is 14.0. The van der Waals surface area contributed by atoms with Crippen LogP contribution in [0, 0.1) is 23.7 Å². The Labute approximate surface area is 156 Å². The molecule has 0 aromatic carbocycles. The molecule has 2 atom stereocenters. The monoisotopic (exact) mass is 341 g/mol. The van der Waals surface area contributed by atoms with Crippen LogP contribution < -0.4 is 0 Å². The molecule has 0 fully saturated rings. The highest BCUT2D eigenvalue weighted by Crippen LogP contribution is 2.24. The van der Waals surface area contributed by atoms with Crippen LogP contribution in [0.3, 0.4) is 0 Å². The van der Waals surface area contributed by atoms with Gasteiger partial charge in [-0.05, 0) is 44.8 Å². The quantitative estimate of drug-likeness (QED) is 0.332. The molecule has 1 heteroatoms. The maximum Gasteiger partial charge on any atom is -0.0140 e. The first-order chi connectivity index (χ1) is 11.2. The maximum absolute atomic E-state index is 2.46. The topological polar surface area (TPSA) is 3.24 Å². The van der Waals surface area contributed by atoms with Gasteiger partial charge in [0.05, 0.1) is 0 Å². The van der Waals surface area contributed by atoms with E-state index in [2.05, 4.69) is 41.5 Å². The van der Waals surface area contributed by atoms with Crippen LogP contribution in [0.2, 0.25) is 0 Å². The van der Waals surface area contributed by atoms with Gasteiger partial charge in [-0.2, -0.15) is 0 Å². The van der Waals surface area contributed by atoms with Gasteiger partial charge in [0, 0.05) is 0 Å². The summed E-state index contributed by atoms with van der Waals surface area (Å²) in [4.78, 5) is 2.00. The second-order valence-corrected chi connectivity index (χ2v) is 9.30. The minimum absolute atomic E-state index is 0.882. The van der Waals surface area contributed by atoms with Gasteiger partial charge in [-0.1, -0.05) is 106 Å². The van der Waals surface area contributed by atoms with E-state index in [-0.39, 0.29) is 0 Å². The van der Waals surface area contributed by atoms with Crippen molar-refractivity contribution in [2.75, 3.05) is 21.1 Å². The fourth-order valence-electron chi connectivity index (χ4n) is 3.14. The third-order valence-corrected chi connectivity index (χ3v) is 4.76. The molecule has 0 saturated heterocycles. The van der Waals surface area contributed by atoms with E-state index in [1.807, 2.05) is 26.0 Å². The van der Waals surface area contributed by atoms with Gasteiger partial charge in [0.15, 0.2) is 0 Å². The average molecular weight is 342 g/mol. The lowest BCUT2D eigenvalue weighted by Crippen LogP contribution is -2.03. The van der Waals surface area contributed by atoms with Gasteiger partial charge >= 0.3 is 0 Å². The Morgan fingerprint density at radius 1 is 0.583 bits per heavy atom. The summed E-state index contributed by atoms with van der Waals surface area (Å²) in [6.07, 6.45) is 14.4. The number of hydrogen-bond donors (Lipinski definition) is 0. The van der Waals surface area contributed by atoms with E-state index in [1.165, 1.54) is 64.2 Å². The lowest BCUT2D eigenvalue weighted by atomic mass is 9.89. The molecule has 2 unspecified atom stereocenters. The fourth-order valence-corrected chi connectivity index (χ4v) is 3.14. The Bertz CT molecular complexity index is 229. The molecule has 1 nitrogen and oxygen atoms in total. The first-order valence-corrected chi connectivity index (χ1v) is 10.8. The summed E-state index contributed by atoms with van der Waals surface area (Å²) in [6.45, 7) is 14.2. The van der Waals surface area contributed by atoms with Crippen LogP contribution in [0.1, 0.15) is 106 Å². The van der Waals surface area contributed by atoms with Crippen molar-refractivity contribution in [1.29, 1.82) is 0 Å². The number of hydrogen-bond acceptors (Lipinski definition) is 1. The molecule has 0 aromatic rings. The molecule has 0 radical (unpaired) electrons. The Balaban J connectivity index is 0. The predicted molar refractivity (Wildman–Crippen MR) is 114 cm³/mol. The molecule has 0 bridgehead atoms. The molecule has 0 aliphatic heterocycles. The highest BCUT2D eigenvalue weighted by Gasteiger charge is 2.09. The van der Waals surface area contributed by atoms with Crippen molar-refractivity contribution >= 4 is 0 Å². The van der Waals surface area contributed by atoms with E-state index in [9.17, 15) is 0 Å². The largest absolute Gasteiger partial charge is 0.312 e. The lowest BCUT2D eigenvalue weighted by Gasteiger charge is -2.17. The van der Waals surface area contributed by atoms with Gasteiger partial charge in [-0.25, -0.2) is 0 Å². The SMILES string of the molecule is CCC(CCCC(C)C)CCCC(C)CCCC(C)C.CN(C)C. The maximum atomic E-state index is 2.46. The summed E-state index contributed by atoms with van der Waals surface area (Å²) in [5.74, 6) is 3.71. The summed E-state index contributed by atoms with van der Waals surface area (Å²) in [5, 5.41) is 0. The van der Waals surface area contributed by atoms with Crippen molar-refractivity contribution in [2.45, 2.75) is 106 Å². The molecule has 0 aliphatic carbocycles. The average Bonchev–Trinajstić information content (AvgIpc) is 2.44. The molecule has 0 spiro atoms. The summed E-state index contributed by atoms with van der Waals surface area (Å²) in [5.41, 5.74) is 0. The summed E-state index contributed by atoms with van der Waals surface area (Å²) >= 11 is 0. The molecule has 0 N–H and O–H groups in total. The highest BCUT2D eigenvalue weighted by atomic mass is 15.0. The van der Waals surface area contributed by atoms with Crippen LogP contribution in [0.15, 0.2) is 0 Å². The van der Waals surface area contributed by atoms with Crippen LogP contribution in [-0.4, -0.2) is 26.0 Å². The minimum Gasteiger partial charge on any atom is -0.312 e. The van der Waals surface area contributed by atoms with Crippen molar-refractivity contribution in [3.05, 3.63) is 0 Å². The smallest absolute Gasteiger partial charge is 0.0140 e. The van der Waals surface area contributed by atoms with Crippen LogP contribution in [0.25, 0.3) is 0 Å². The van der Waals surface area contributed by atoms with Crippen LogP contribution in [0.5, 0.6) is 0 Å². The van der Waals surface area contributed by atoms with Gasteiger partial charge in [0.2, 0.25) is 0 Å². The highest BCUT2D eigenvalue weighted by molar-refractivity contribution is 4.62. The Kier molecular flexibility index (Phi) is 19.4. The summed E-state index contributed by atoms with van der Waals surface area (Å²) < 4.78 is 0. The van der Waals surface area contributed by atoms with E-state index < -0.39 is 0 Å². The first-order valence-electron chi connectivity index (χ1n) is 10.8. The second-order valence-electron chi connectivity index (χ2n) is 9.30. The van der Waals surface area contributed by atoms with Crippen LogP contribution in [0.4, 0.5) is 0 Å². The molecular formula is C23H51N. The molecule has 148 valence electrons. The van der Waals surface area contributed by atoms with Gasteiger partial charge in [-0.3, -0.25) is 0 Å². The van der Waals surface area contributed by atoms with E-state index >= 15 is 0 Å². The lowest BCUT2D eigenvalue weighted by molar-refractivity contribution is 0.359. The van der Waals surface area contributed by atoms with E-state index in [0.717, 1.165) is 23.7 Å². The predicted octanol–water partition coefficient (Wildman–Crippen LogP) is 7.65. The van der Waals surface area contributed by atoms with Crippen LogP contribution >= 0.6 is 0 Å². The van der Waals surface area contributed by atoms with E-state index in [4.69, 9.17) is 0 Å². The van der Waals surface area contributed by atoms with Crippen molar-refractivity contribution in [3.8, 4) is 0 Å². The summed E-state index contributed by atoms with van der Waals surface area (Å²) in [7, 11) is 6.00. The molecule has 0 aliphatic rings. The van der Waals surface area contributed by atoms with Gasteiger partial charge in [0.25, 0.3) is 0 Å². The Morgan fingerprint density at radius 3 is 1.25 bits per heavy atom. The molecule has 0 rings (SSSR count). The molecule has 0 aromatic heterocycles. The molecule has 0 saturated carbocycles. The zero-order chi connectivity index (χ0) is 19.0. The standard InChI is InChI=1S/C20H42.C3H9N/c1-7-20(15-9-12-18(4)5)16-10-14-19(6)13-8-11-17(2)3;1-4(2)3/h17-20H,7-16H2,1-6H3;1-3H3. The second kappa shape index (κ2) is 17.8. The third kappa shape index (κ3) is 24.2. The molecule has 0 amide bonds. The zero-order valence-electron chi connectivity index (χ0n) is 18.8.